The van der Waals surface area contributed by atoms with E-state index in [4.69, 9.17) is 5.73 Å². The fourth-order valence-electron chi connectivity index (χ4n) is 1.72. The third-order valence-corrected chi connectivity index (χ3v) is 2.68. The molecule has 5 heteroatoms. The second-order valence-corrected chi connectivity index (χ2v) is 3.89. The number of aliphatic hydroxyl groups is 1. The molecule has 3 N–H and O–H groups in total. The number of aliphatic hydroxyl groups excluding tert-OH is 1. The van der Waals surface area contributed by atoms with Crippen LogP contribution in [0.1, 0.15) is 17.2 Å². The first kappa shape index (κ1) is 12.1. The Bertz CT molecular complexity index is 570. The summed E-state index contributed by atoms with van der Waals surface area (Å²) in [7, 11) is 0. The van der Waals surface area contributed by atoms with Gasteiger partial charge in [0, 0.05) is 6.07 Å². The highest BCUT2D eigenvalue weighted by molar-refractivity contribution is 5.59. The molecule has 0 heterocycles. The van der Waals surface area contributed by atoms with Gasteiger partial charge in [-0.3, -0.25) is 10.1 Å². The van der Waals surface area contributed by atoms with Crippen molar-refractivity contribution in [3.8, 4) is 0 Å². The lowest BCUT2D eigenvalue weighted by molar-refractivity contribution is -0.384. The molecule has 0 spiro atoms. The minimum atomic E-state index is -0.898. The number of nitrogens with two attached hydrogens (primary N) is 1. The number of rotatable bonds is 3. The smallest absolute Gasteiger partial charge is 0.292 e. The third kappa shape index (κ3) is 2.31. The second-order valence-electron chi connectivity index (χ2n) is 3.89. The minimum Gasteiger partial charge on any atom is -0.393 e. The maximum atomic E-state index is 10.8. The van der Waals surface area contributed by atoms with E-state index in [0.717, 1.165) is 0 Å². The van der Waals surface area contributed by atoms with Crippen LogP contribution >= 0.6 is 0 Å². The molecule has 0 radical (unpaired) electrons. The molecule has 0 unspecified atom stereocenters. The molecule has 0 saturated heterocycles. The zero-order chi connectivity index (χ0) is 13.1. The molecular weight excluding hydrogens is 232 g/mol. The Morgan fingerprint density at radius 1 is 1.11 bits per heavy atom. The van der Waals surface area contributed by atoms with Gasteiger partial charge in [0.05, 0.1) is 4.92 Å². The van der Waals surface area contributed by atoms with E-state index in [2.05, 4.69) is 0 Å². The van der Waals surface area contributed by atoms with Gasteiger partial charge in [-0.05, 0) is 17.2 Å². The fraction of sp³-hybridized carbons (Fsp3) is 0.0769. The number of hydrogen-bond acceptors (Lipinski definition) is 4. The van der Waals surface area contributed by atoms with E-state index < -0.39 is 11.0 Å². The summed E-state index contributed by atoms with van der Waals surface area (Å²) in [6, 6.07) is 13.3. The van der Waals surface area contributed by atoms with E-state index in [0.29, 0.717) is 11.1 Å². The van der Waals surface area contributed by atoms with Crippen LogP contribution < -0.4 is 5.73 Å². The Labute approximate surface area is 104 Å². The zero-order valence-corrected chi connectivity index (χ0v) is 9.48. The van der Waals surface area contributed by atoms with Crippen LogP contribution in [0.2, 0.25) is 0 Å². The summed E-state index contributed by atoms with van der Waals surface area (Å²) >= 11 is 0. The summed E-state index contributed by atoms with van der Waals surface area (Å²) in [5.74, 6) is 0. The monoisotopic (exact) mass is 244 g/mol. The molecule has 2 aromatic carbocycles. The molecule has 0 amide bonds. The molecule has 92 valence electrons. The highest BCUT2D eigenvalue weighted by Crippen LogP contribution is 2.28. The average molecular weight is 244 g/mol. The van der Waals surface area contributed by atoms with Crippen molar-refractivity contribution in [2.24, 2.45) is 0 Å². The van der Waals surface area contributed by atoms with Gasteiger partial charge in [0.2, 0.25) is 0 Å². The van der Waals surface area contributed by atoms with Crippen molar-refractivity contribution >= 4 is 11.4 Å². The Morgan fingerprint density at radius 2 is 1.78 bits per heavy atom. The van der Waals surface area contributed by atoms with Gasteiger partial charge in [0.1, 0.15) is 11.8 Å². The Kier molecular flexibility index (Phi) is 3.25. The molecule has 0 fully saturated rings. The summed E-state index contributed by atoms with van der Waals surface area (Å²) in [4.78, 5) is 10.2. The van der Waals surface area contributed by atoms with Crippen molar-refractivity contribution in [3.63, 3.8) is 0 Å². The van der Waals surface area contributed by atoms with Crippen LogP contribution in [0.15, 0.2) is 48.5 Å². The van der Waals surface area contributed by atoms with Crippen molar-refractivity contribution < 1.29 is 10.0 Å². The van der Waals surface area contributed by atoms with Gasteiger partial charge in [-0.25, -0.2) is 0 Å². The summed E-state index contributed by atoms with van der Waals surface area (Å²) in [5, 5.41) is 20.9. The number of nitrogen functional groups attached to an aromatic ring is 1. The number of nitro benzene ring substituents is 1. The first-order valence-electron chi connectivity index (χ1n) is 5.36. The van der Waals surface area contributed by atoms with Crippen molar-refractivity contribution in [3.05, 3.63) is 69.8 Å². The quantitative estimate of drug-likeness (QED) is 0.492. The number of nitro groups is 1. The van der Waals surface area contributed by atoms with Crippen LogP contribution in [0.25, 0.3) is 0 Å². The number of benzene rings is 2. The van der Waals surface area contributed by atoms with Crippen molar-refractivity contribution in [1.82, 2.24) is 0 Å². The van der Waals surface area contributed by atoms with E-state index in [1.807, 2.05) is 6.07 Å². The molecule has 0 aliphatic rings. The van der Waals surface area contributed by atoms with Crippen LogP contribution in [-0.2, 0) is 0 Å². The summed E-state index contributed by atoms with van der Waals surface area (Å²) in [6.07, 6.45) is -0.898. The molecule has 0 aliphatic heterocycles. The standard InChI is InChI=1S/C13H12N2O3/c14-11-7-6-10(8-12(11)15(17)18)13(16)9-4-2-1-3-5-9/h1-8,13,16H,14H2/t13-/m0/s1. The fourth-order valence-corrected chi connectivity index (χ4v) is 1.72. The van der Waals surface area contributed by atoms with Gasteiger partial charge in [0.15, 0.2) is 0 Å². The Morgan fingerprint density at radius 3 is 2.39 bits per heavy atom. The summed E-state index contributed by atoms with van der Waals surface area (Å²) in [5.41, 5.74) is 6.52. The van der Waals surface area contributed by atoms with Crippen LogP contribution in [-0.4, -0.2) is 10.0 Å². The lowest BCUT2D eigenvalue weighted by Crippen LogP contribution is -2.02. The van der Waals surface area contributed by atoms with E-state index in [-0.39, 0.29) is 11.4 Å². The molecule has 2 rings (SSSR count). The first-order chi connectivity index (χ1) is 8.59. The van der Waals surface area contributed by atoms with Gasteiger partial charge in [-0.15, -0.1) is 0 Å². The molecule has 1 atom stereocenters. The van der Waals surface area contributed by atoms with Gasteiger partial charge < -0.3 is 10.8 Å². The summed E-state index contributed by atoms with van der Waals surface area (Å²) in [6.45, 7) is 0. The largest absolute Gasteiger partial charge is 0.393 e. The number of anilines is 1. The SMILES string of the molecule is Nc1ccc([C@@H](O)c2ccccc2)cc1[N+](=O)[O-]. The number of nitrogens with zero attached hydrogens (tertiary/aromatic N) is 1. The van der Waals surface area contributed by atoms with Crippen molar-refractivity contribution in [1.29, 1.82) is 0 Å². The second kappa shape index (κ2) is 4.85. The molecule has 5 nitrogen and oxygen atoms in total. The maximum absolute atomic E-state index is 10.8. The highest BCUT2D eigenvalue weighted by Gasteiger charge is 2.16. The molecule has 2 aromatic rings. The lowest BCUT2D eigenvalue weighted by Gasteiger charge is -2.11. The normalized spacial score (nSPS) is 12.1. The molecule has 0 saturated carbocycles. The topological polar surface area (TPSA) is 89.4 Å². The number of hydrogen-bond donors (Lipinski definition) is 2. The highest BCUT2D eigenvalue weighted by atomic mass is 16.6. The Hall–Kier alpha value is -2.40. The van der Waals surface area contributed by atoms with Crippen LogP contribution in [0.3, 0.4) is 0 Å². The van der Waals surface area contributed by atoms with Gasteiger partial charge in [-0.2, -0.15) is 0 Å². The predicted molar refractivity (Wildman–Crippen MR) is 68.0 cm³/mol. The Balaban J connectivity index is 2.40. The average Bonchev–Trinajstić information content (AvgIpc) is 2.39. The maximum Gasteiger partial charge on any atom is 0.292 e. The summed E-state index contributed by atoms with van der Waals surface area (Å²) < 4.78 is 0. The predicted octanol–water partition coefficient (Wildman–Crippen LogP) is 2.26. The van der Waals surface area contributed by atoms with Crippen LogP contribution in [0, 0.1) is 10.1 Å². The van der Waals surface area contributed by atoms with Crippen LogP contribution in [0.4, 0.5) is 11.4 Å². The molecular formula is C13H12N2O3. The van der Waals surface area contributed by atoms with E-state index >= 15 is 0 Å². The van der Waals surface area contributed by atoms with Crippen molar-refractivity contribution in [2.75, 3.05) is 5.73 Å². The van der Waals surface area contributed by atoms with Gasteiger partial charge in [-0.1, -0.05) is 36.4 Å². The van der Waals surface area contributed by atoms with E-state index in [1.165, 1.54) is 12.1 Å². The van der Waals surface area contributed by atoms with Crippen molar-refractivity contribution in [2.45, 2.75) is 6.10 Å². The minimum absolute atomic E-state index is 0.0870. The first-order valence-corrected chi connectivity index (χ1v) is 5.36. The van der Waals surface area contributed by atoms with Crippen LogP contribution in [0.5, 0.6) is 0 Å². The molecule has 0 aliphatic carbocycles. The van der Waals surface area contributed by atoms with Gasteiger partial charge >= 0.3 is 0 Å². The zero-order valence-electron chi connectivity index (χ0n) is 9.48. The van der Waals surface area contributed by atoms with Gasteiger partial charge in [0.25, 0.3) is 5.69 Å². The van der Waals surface area contributed by atoms with E-state index in [1.54, 1.807) is 30.3 Å². The molecule has 0 aromatic heterocycles. The third-order valence-electron chi connectivity index (χ3n) is 2.68. The lowest BCUT2D eigenvalue weighted by atomic mass is 10.0. The molecule has 18 heavy (non-hydrogen) atoms. The molecule has 0 bridgehead atoms. The van der Waals surface area contributed by atoms with E-state index in [9.17, 15) is 15.2 Å².